The van der Waals surface area contributed by atoms with Crippen LogP contribution in [-0.2, 0) is 18.8 Å². The normalized spacial score (nSPS) is 17.5. The monoisotopic (exact) mass is 493 g/mol. The number of H-pyrrole nitrogens is 1. The fraction of sp³-hybridized carbons (Fsp3) is 0.450. The first-order chi connectivity index (χ1) is 15.1. The highest BCUT2D eigenvalue weighted by molar-refractivity contribution is 6.31. The number of aliphatic hydroxyl groups is 1. The molecule has 0 radical (unpaired) electrons. The van der Waals surface area contributed by atoms with Crippen LogP contribution in [-0.4, -0.2) is 37.2 Å². The Morgan fingerprint density at radius 3 is 2.21 bits per heavy atom. The summed E-state index contributed by atoms with van der Waals surface area (Å²) in [5.41, 5.74) is 0.760. The van der Waals surface area contributed by atoms with Crippen molar-refractivity contribution in [3.05, 3.63) is 46.1 Å². The summed E-state index contributed by atoms with van der Waals surface area (Å²) < 4.78 is 79.7. The van der Waals surface area contributed by atoms with Crippen molar-refractivity contribution in [2.24, 2.45) is 0 Å². The summed E-state index contributed by atoms with van der Waals surface area (Å²) in [6.07, 6.45) is -10.1. The van der Waals surface area contributed by atoms with E-state index in [0.29, 0.717) is 16.2 Å². The molecule has 0 aliphatic carbocycles. The molecule has 2 N–H and O–H groups in total. The molecule has 0 amide bonds. The van der Waals surface area contributed by atoms with Gasteiger partial charge in [0.25, 0.3) is 0 Å². The molecule has 0 saturated heterocycles. The van der Waals surface area contributed by atoms with Gasteiger partial charge in [-0.15, -0.1) is 0 Å². The van der Waals surface area contributed by atoms with Crippen molar-refractivity contribution in [1.29, 1.82) is 0 Å². The first-order valence-electron chi connectivity index (χ1n) is 9.83. The summed E-state index contributed by atoms with van der Waals surface area (Å²) in [6.45, 7) is 3.01. The molecule has 1 unspecified atom stereocenters. The van der Waals surface area contributed by atoms with Crippen LogP contribution in [0, 0.1) is 0 Å². The highest BCUT2D eigenvalue weighted by atomic mass is 35.5. The third-order valence-corrected chi connectivity index (χ3v) is 5.53. The highest BCUT2D eigenvalue weighted by Gasteiger charge is 2.43. The van der Waals surface area contributed by atoms with E-state index in [1.165, 1.54) is 18.7 Å². The van der Waals surface area contributed by atoms with Gasteiger partial charge in [0, 0.05) is 34.6 Å². The second-order valence-electron chi connectivity index (χ2n) is 8.46. The lowest BCUT2D eigenvalue weighted by molar-refractivity contribution is -0.155. The van der Waals surface area contributed by atoms with Gasteiger partial charge in [0.2, 0.25) is 17.6 Å². The number of halogens is 7. The molecule has 1 atom stereocenters. The molecule has 0 bridgehead atoms. The predicted molar refractivity (Wildman–Crippen MR) is 108 cm³/mol. The van der Waals surface area contributed by atoms with Gasteiger partial charge >= 0.3 is 12.4 Å². The van der Waals surface area contributed by atoms with Crippen LogP contribution in [0.15, 0.2) is 18.2 Å². The summed E-state index contributed by atoms with van der Waals surface area (Å²) in [5.74, 6) is -4.63. The molecule has 4 rings (SSSR count). The molecule has 13 heteroatoms. The number of rotatable bonds is 3. The van der Waals surface area contributed by atoms with Crippen LogP contribution in [0.1, 0.15) is 49.2 Å². The maximum absolute atomic E-state index is 13.3. The average molecular weight is 494 g/mol. The summed E-state index contributed by atoms with van der Waals surface area (Å²) in [5, 5.41) is 11.7. The van der Waals surface area contributed by atoms with E-state index in [1.807, 2.05) is 0 Å². The summed E-state index contributed by atoms with van der Waals surface area (Å²) in [4.78, 5) is 13.7. The Labute approximate surface area is 188 Å². The molecular formula is C20H18ClF6N5O. The second-order valence-corrected chi connectivity index (χ2v) is 8.90. The van der Waals surface area contributed by atoms with Gasteiger partial charge in [0.05, 0.1) is 11.6 Å². The van der Waals surface area contributed by atoms with Crippen molar-refractivity contribution in [3.8, 4) is 0 Å². The molecule has 0 spiro atoms. The Kier molecular flexibility index (Phi) is 5.51. The summed E-state index contributed by atoms with van der Waals surface area (Å²) in [7, 11) is 0. The predicted octanol–water partition coefficient (Wildman–Crippen LogP) is 5.31. The van der Waals surface area contributed by atoms with Gasteiger partial charge in [-0.25, -0.2) is 4.98 Å². The SMILES string of the molecule is CC(C)(O)CC1c2[nH]c3ccc(Cl)cc3c2CCN1c1nc(C(F)(F)F)nc(C(F)(F)F)n1. The van der Waals surface area contributed by atoms with Gasteiger partial charge in [0.15, 0.2) is 0 Å². The molecule has 3 aromatic rings. The third-order valence-electron chi connectivity index (χ3n) is 5.29. The number of alkyl halides is 6. The van der Waals surface area contributed by atoms with Crippen LogP contribution in [0.25, 0.3) is 10.9 Å². The van der Waals surface area contributed by atoms with Crippen molar-refractivity contribution in [2.75, 3.05) is 11.4 Å². The van der Waals surface area contributed by atoms with Crippen LogP contribution in [0.4, 0.5) is 32.3 Å². The van der Waals surface area contributed by atoms with Gasteiger partial charge in [-0.2, -0.15) is 36.3 Å². The quantitative estimate of drug-likeness (QED) is 0.484. The number of aromatic nitrogens is 4. The van der Waals surface area contributed by atoms with Gasteiger partial charge < -0.3 is 15.0 Å². The molecule has 2 aromatic heterocycles. The number of nitrogens with zero attached hydrogens (tertiary/aromatic N) is 4. The number of hydrogen-bond donors (Lipinski definition) is 2. The number of nitrogens with one attached hydrogen (secondary N) is 1. The van der Waals surface area contributed by atoms with Crippen molar-refractivity contribution in [3.63, 3.8) is 0 Å². The van der Waals surface area contributed by atoms with E-state index in [1.54, 1.807) is 18.2 Å². The zero-order valence-electron chi connectivity index (χ0n) is 17.3. The lowest BCUT2D eigenvalue weighted by Gasteiger charge is -2.38. The summed E-state index contributed by atoms with van der Waals surface area (Å²) >= 11 is 6.10. The minimum absolute atomic E-state index is 0.0189. The van der Waals surface area contributed by atoms with Crippen LogP contribution in [0.5, 0.6) is 0 Å². The molecule has 1 aromatic carbocycles. The van der Waals surface area contributed by atoms with Crippen LogP contribution in [0.2, 0.25) is 5.02 Å². The van der Waals surface area contributed by atoms with E-state index in [4.69, 9.17) is 11.6 Å². The Balaban J connectivity index is 1.89. The van der Waals surface area contributed by atoms with E-state index < -0.39 is 41.6 Å². The fourth-order valence-electron chi connectivity index (χ4n) is 4.01. The Morgan fingerprint density at radius 2 is 1.67 bits per heavy atom. The number of anilines is 1. The van der Waals surface area contributed by atoms with Crippen molar-refractivity contribution in [2.45, 2.75) is 50.7 Å². The summed E-state index contributed by atoms with van der Waals surface area (Å²) in [6, 6.07) is 4.29. The van der Waals surface area contributed by atoms with Gasteiger partial charge in [-0.1, -0.05) is 11.6 Å². The lowest BCUT2D eigenvalue weighted by atomic mass is 9.90. The zero-order chi connectivity index (χ0) is 24.3. The molecular weight excluding hydrogens is 476 g/mol. The average Bonchev–Trinajstić information content (AvgIpc) is 3.04. The molecule has 0 saturated carbocycles. The van der Waals surface area contributed by atoms with Crippen LogP contribution < -0.4 is 4.90 Å². The smallest absolute Gasteiger partial charge is 0.390 e. The minimum Gasteiger partial charge on any atom is -0.390 e. The van der Waals surface area contributed by atoms with E-state index in [0.717, 1.165) is 10.9 Å². The number of hydrogen-bond acceptors (Lipinski definition) is 5. The van der Waals surface area contributed by atoms with E-state index in [9.17, 15) is 31.4 Å². The van der Waals surface area contributed by atoms with Crippen molar-refractivity contribution in [1.82, 2.24) is 19.9 Å². The molecule has 33 heavy (non-hydrogen) atoms. The van der Waals surface area contributed by atoms with Gasteiger partial charge in [-0.3, -0.25) is 0 Å². The molecule has 178 valence electrons. The highest BCUT2D eigenvalue weighted by Crippen LogP contribution is 2.41. The maximum Gasteiger partial charge on any atom is 0.451 e. The van der Waals surface area contributed by atoms with Crippen LogP contribution in [0.3, 0.4) is 0 Å². The fourth-order valence-corrected chi connectivity index (χ4v) is 4.18. The molecule has 3 heterocycles. The first-order valence-corrected chi connectivity index (χ1v) is 10.2. The van der Waals surface area contributed by atoms with Crippen LogP contribution >= 0.6 is 11.6 Å². The Bertz CT molecular complexity index is 1170. The van der Waals surface area contributed by atoms with E-state index >= 15 is 0 Å². The van der Waals surface area contributed by atoms with Gasteiger partial charge in [0.1, 0.15) is 0 Å². The van der Waals surface area contributed by atoms with E-state index in [2.05, 4.69) is 19.9 Å². The number of benzene rings is 1. The van der Waals surface area contributed by atoms with Gasteiger partial charge in [-0.05, 0) is 44.0 Å². The first kappa shape index (κ1) is 23.6. The molecule has 1 aliphatic rings. The third kappa shape index (κ3) is 4.72. The second kappa shape index (κ2) is 7.73. The Hall–Kier alpha value is -2.60. The molecule has 6 nitrogen and oxygen atoms in total. The zero-order valence-corrected chi connectivity index (χ0v) is 18.1. The topological polar surface area (TPSA) is 77.9 Å². The maximum atomic E-state index is 13.3. The number of fused-ring (bicyclic) bond motifs is 3. The lowest BCUT2D eigenvalue weighted by Crippen LogP contribution is -2.41. The number of aromatic amines is 1. The van der Waals surface area contributed by atoms with Crippen molar-refractivity contribution < 1.29 is 31.4 Å². The molecule has 1 aliphatic heterocycles. The largest absolute Gasteiger partial charge is 0.451 e. The standard InChI is InChI=1S/C20H18ClF6N5O/c1-18(2,33)8-13-14-10(11-7-9(21)3-4-12(11)28-14)5-6-32(13)17-30-15(19(22,23)24)29-16(31-17)20(25,26)27/h3-4,7,13,28,33H,5-6,8H2,1-2H3. The molecule has 0 fully saturated rings. The minimum atomic E-state index is -5.21. The Morgan fingerprint density at radius 1 is 1.06 bits per heavy atom. The van der Waals surface area contributed by atoms with Crippen molar-refractivity contribution >= 4 is 28.5 Å². The van der Waals surface area contributed by atoms with E-state index in [-0.39, 0.29) is 19.4 Å².